The molecule has 25 heavy (non-hydrogen) atoms. The fraction of sp³-hybridized carbons (Fsp3) is 0.143. The number of nitrogens with zero attached hydrogens (tertiary/aromatic N) is 2. The summed E-state index contributed by atoms with van der Waals surface area (Å²) in [6.45, 7) is 3.03. The summed E-state index contributed by atoms with van der Waals surface area (Å²) in [6, 6.07) is 18.1. The minimum Gasteiger partial charge on any atom is -0.341 e. The first kappa shape index (κ1) is 15.4. The molecule has 0 fully saturated rings. The summed E-state index contributed by atoms with van der Waals surface area (Å²) in [5.41, 5.74) is 4.15. The third-order valence-electron chi connectivity index (χ3n) is 4.50. The van der Waals surface area contributed by atoms with Gasteiger partial charge in [-0.05, 0) is 42.8 Å². The lowest BCUT2D eigenvalue weighted by atomic mass is 10.1. The first-order chi connectivity index (χ1) is 12.3. The van der Waals surface area contributed by atoms with Crippen molar-refractivity contribution in [2.45, 2.75) is 19.9 Å². The molecule has 2 aromatic heterocycles. The SMILES string of the molecule is CCn1c2ccccc2c2c(NC(=O)Cc3ccncc3)cccc21. The van der Waals surface area contributed by atoms with Gasteiger partial charge in [-0.25, -0.2) is 0 Å². The van der Waals surface area contributed by atoms with Crippen LogP contribution in [-0.2, 0) is 17.8 Å². The van der Waals surface area contributed by atoms with Crippen LogP contribution in [0.4, 0.5) is 5.69 Å². The second kappa shape index (κ2) is 6.40. The lowest BCUT2D eigenvalue weighted by Crippen LogP contribution is -2.14. The Morgan fingerprint density at radius 1 is 1.00 bits per heavy atom. The molecule has 0 bridgehead atoms. The fourth-order valence-corrected chi connectivity index (χ4v) is 3.42. The van der Waals surface area contributed by atoms with Crippen LogP contribution < -0.4 is 5.32 Å². The molecule has 0 aliphatic carbocycles. The number of pyridine rings is 1. The number of nitrogens with one attached hydrogen (secondary N) is 1. The van der Waals surface area contributed by atoms with Crippen molar-refractivity contribution in [3.05, 3.63) is 72.6 Å². The average molecular weight is 329 g/mol. The van der Waals surface area contributed by atoms with Gasteiger partial charge in [-0.15, -0.1) is 0 Å². The molecular formula is C21H19N3O. The van der Waals surface area contributed by atoms with Crippen LogP contribution in [0.1, 0.15) is 12.5 Å². The first-order valence-electron chi connectivity index (χ1n) is 8.46. The van der Waals surface area contributed by atoms with E-state index in [-0.39, 0.29) is 5.91 Å². The molecule has 4 rings (SSSR count). The summed E-state index contributed by atoms with van der Waals surface area (Å²) in [5.74, 6) is -0.0213. The molecule has 0 saturated carbocycles. The van der Waals surface area contributed by atoms with Crippen molar-refractivity contribution >= 4 is 33.4 Å². The number of para-hydroxylation sites is 1. The lowest BCUT2D eigenvalue weighted by molar-refractivity contribution is -0.115. The van der Waals surface area contributed by atoms with Gasteiger partial charge in [-0.1, -0.05) is 24.3 Å². The second-order valence-corrected chi connectivity index (χ2v) is 6.04. The number of aromatic nitrogens is 2. The zero-order valence-electron chi connectivity index (χ0n) is 14.1. The Morgan fingerprint density at radius 2 is 1.76 bits per heavy atom. The van der Waals surface area contributed by atoms with Gasteiger partial charge in [0.1, 0.15) is 0 Å². The van der Waals surface area contributed by atoms with Crippen molar-refractivity contribution in [1.29, 1.82) is 0 Å². The number of aryl methyl sites for hydroxylation is 1. The molecule has 0 aliphatic rings. The van der Waals surface area contributed by atoms with E-state index in [1.807, 2.05) is 30.3 Å². The molecule has 4 nitrogen and oxygen atoms in total. The molecule has 124 valence electrons. The molecule has 0 saturated heterocycles. The molecule has 0 atom stereocenters. The largest absolute Gasteiger partial charge is 0.341 e. The Labute approximate surface area is 146 Å². The molecule has 0 spiro atoms. The molecule has 4 heteroatoms. The van der Waals surface area contributed by atoms with Crippen LogP contribution in [0.3, 0.4) is 0 Å². The molecule has 4 aromatic rings. The van der Waals surface area contributed by atoms with Gasteiger partial charge in [0.05, 0.1) is 17.6 Å². The molecule has 1 N–H and O–H groups in total. The Bertz CT molecular complexity index is 1050. The number of fused-ring (bicyclic) bond motifs is 3. The van der Waals surface area contributed by atoms with E-state index in [4.69, 9.17) is 0 Å². The van der Waals surface area contributed by atoms with Crippen LogP contribution in [0, 0.1) is 0 Å². The zero-order valence-corrected chi connectivity index (χ0v) is 14.1. The van der Waals surface area contributed by atoms with E-state index in [1.54, 1.807) is 12.4 Å². The maximum atomic E-state index is 12.5. The highest BCUT2D eigenvalue weighted by atomic mass is 16.1. The van der Waals surface area contributed by atoms with Crippen LogP contribution in [-0.4, -0.2) is 15.5 Å². The molecule has 0 unspecified atom stereocenters. The van der Waals surface area contributed by atoms with Gasteiger partial charge >= 0.3 is 0 Å². The number of rotatable bonds is 4. The van der Waals surface area contributed by atoms with E-state index in [0.29, 0.717) is 6.42 Å². The molecular weight excluding hydrogens is 310 g/mol. The van der Waals surface area contributed by atoms with Crippen LogP contribution in [0.15, 0.2) is 67.0 Å². The van der Waals surface area contributed by atoms with E-state index < -0.39 is 0 Å². The van der Waals surface area contributed by atoms with Crippen molar-refractivity contribution in [1.82, 2.24) is 9.55 Å². The second-order valence-electron chi connectivity index (χ2n) is 6.04. The summed E-state index contributed by atoms with van der Waals surface area (Å²) in [7, 11) is 0. The summed E-state index contributed by atoms with van der Waals surface area (Å²) < 4.78 is 2.28. The van der Waals surface area contributed by atoms with Crippen LogP contribution >= 0.6 is 0 Å². The number of anilines is 1. The Balaban J connectivity index is 1.76. The maximum Gasteiger partial charge on any atom is 0.228 e. The van der Waals surface area contributed by atoms with Gasteiger partial charge in [0.25, 0.3) is 0 Å². The quantitative estimate of drug-likeness (QED) is 0.603. The van der Waals surface area contributed by atoms with Crippen molar-refractivity contribution in [3.63, 3.8) is 0 Å². The van der Waals surface area contributed by atoms with E-state index in [9.17, 15) is 4.79 Å². The maximum absolute atomic E-state index is 12.5. The molecule has 1 amide bonds. The highest BCUT2D eigenvalue weighted by molar-refractivity contribution is 6.16. The number of carbonyl (C=O) groups is 1. The minimum atomic E-state index is -0.0213. The monoisotopic (exact) mass is 329 g/mol. The fourth-order valence-electron chi connectivity index (χ4n) is 3.42. The molecule has 0 aliphatic heterocycles. The summed E-state index contributed by atoms with van der Waals surface area (Å²) in [4.78, 5) is 16.5. The Kier molecular flexibility index (Phi) is 3.94. The van der Waals surface area contributed by atoms with E-state index in [0.717, 1.165) is 28.7 Å². The van der Waals surface area contributed by atoms with E-state index >= 15 is 0 Å². The third kappa shape index (κ3) is 2.76. The zero-order chi connectivity index (χ0) is 17.2. The van der Waals surface area contributed by atoms with Crippen molar-refractivity contribution in [2.24, 2.45) is 0 Å². The smallest absolute Gasteiger partial charge is 0.228 e. The topological polar surface area (TPSA) is 46.9 Å². The molecule has 2 heterocycles. The van der Waals surface area contributed by atoms with Crippen LogP contribution in [0.5, 0.6) is 0 Å². The lowest BCUT2D eigenvalue weighted by Gasteiger charge is -2.08. The van der Waals surface area contributed by atoms with Crippen LogP contribution in [0.2, 0.25) is 0 Å². The van der Waals surface area contributed by atoms with Gasteiger partial charge in [0, 0.05) is 35.2 Å². The summed E-state index contributed by atoms with van der Waals surface area (Å²) >= 11 is 0. The third-order valence-corrected chi connectivity index (χ3v) is 4.50. The highest BCUT2D eigenvalue weighted by Gasteiger charge is 2.14. The predicted molar refractivity (Wildman–Crippen MR) is 102 cm³/mol. The van der Waals surface area contributed by atoms with Crippen molar-refractivity contribution in [2.75, 3.05) is 5.32 Å². The molecule has 2 aromatic carbocycles. The number of carbonyl (C=O) groups excluding carboxylic acids is 1. The predicted octanol–water partition coefficient (Wildman–Crippen LogP) is 4.39. The van der Waals surface area contributed by atoms with Gasteiger partial charge in [-0.2, -0.15) is 0 Å². The van der Waals surface area contributed by atoms with Gasteiger partial charge in [0.15, 0.2) is 0 Å². The van der Waals surface area contributed by atoms with Gasteiger partial charge in [-0.3, -0.25) is 9.78 Å². The number of hydrogen-bond acceptors (Lipinski definition) is 2. The van der Waals surface area contributed by atoms with E-state index in [2.05, 4.69) is 46.1 Å². The normalized spacial score (nSPS) is 11.1. The number of amides is 1. The average Bonchev–Trinajstić information content (AvgIpc) is 2.97. The van der Waals surface area contributed by atoms with E-state index in [1.165, 1.54) is 10.9 Å². The number of hydrogen-bond donors (Lipinski definition) is 1. The minimum absolute atomic E-state index is 0.0213. The van der Waals surface area contributed by atoms with Crippen molar-refractivity contribution < 1.29 is 4.79 Å². The van der Waals surface area contributed by atoms with Gasteiger partial charge < -0.3 is 9.88 Å². The Hall–Kier alpha value is -3.14. The van der Waals surface area contributed by atoms with Gasteiger partial charge in [0.2, 0.25) is 5.91 Å². The molecule has 0 radical (unpaired) electrons. The van der Waals surface area contributed by atoms with Crippen molar-refractivity contribution in [3.8, 4) is 0 Å². The standard InChI is InChI=1S/C21H19N3O/c1-2-24-18-8-4-3-6-16(18)21-17(7-5-9-19(21)24)23-20(25)14-15-10-12-22-13-11-15/h3-13H,2,14H2,1H3,(H,23,25). The summed E-state index contributed by atoms with van der Waals surface area (Å²) in [5, 5.41) is 5.36. The highest BCUT2D eigenvalue weighted by Crippen LogP contribution is 2.34. The summed E-state index contributed by atoms with van der Waals surface area (Å²) in [6.07, 6.45) is 3.75. The first-order valence-corrected chi connectivity index (χ1v) is 8.46. The Morgan fingerprint density at radius 3 is 2.56 bits per heavy atom. The number of benzene rings is 2. The van der Waals surface area contributed by atoms with Crippen LogP contribution in [0.25, 0.3) is 21.8 Å².